The minimum Gasteiger partial charge on any atom is -0.468 e. The molecule has 1 aliphatic carbocycles. The zero-order valence-corrected chi connectivity index (χ0v) is 22.5. The number of ketones is 1. The summed E-state index contributed by atoms with van der Waals surface area (Å²) in [6, 6.07) is 13.2. The number of benzene rings is 1. The van der Waals surface area contributed by atoms with Gasteiger partial charge >= 0.3 is 0 Å². The van der Waals surface area contributed by atoms with E-state index in [0.717, 1.165) is 9.26 Å². The number of furan rings is 1. The van der Waals surface area contributed by atoms with Crippen LogP contribution in [0.15, 0.2) is 74.1 Å². The minimum atomic E-state index is -0.643. The van der Waals surface area contributed by atoms with Crippen molar-refractivity contribution in [1.29, 1.82) is 5.26 Å². The summed E-state index contributed by atoms with van der Waals surface area (Å²) in [5.41, 5.74) is 8.73. The Morgan fingerprint density at radius 3 is 2.89 bits per heavy atom. The second-order valence-electron chi connectivity index (χ2n) is 8.00. The van der Waals surface area contributed by atoms with Crippen molar-refractivity contribution in [2.45, 2.75) is 29.5 Å². The van der Waals surface area contributed by atoms with Crippen molar-refractivity contribution >= 4 is 68.2 Å². The zero-order valence-electron chi connectivity index (χ0n) is 18.7. The Labute approximate surface area is 228 Å². The highest BCUT2D eigenvalue weighted by molar-refractivity contribution is 14.1. The van der Waals surface area contributed by atoms with Gasteiger partial charge in [-0.05, 0) is 59.7 Å². The van der Waals surface area contributed by atoms with Gasteiger partial charge in [-0.15, -0.1) is 10.2 Å². The van der Waals surface area contributed by atoms with Gasteiger partial charge in [-0.25, -0.2) is 0 Å². The lowest BCUT2D eigenvalue weighted by atomic mass is 9.78. The number of halogens is 1. The maximum Gasteiger partial charge on any atom is 0.234 e. The third kappa shape index (κ3) is 4.65. The van der Waals surface area contributed by atoms with Crippen molar-refractivity contribution in [2.75, 3.05) is 16.0 Å². The SMILES string of the molecule is N#CC1=C(N)N(c2nnc(SCC(=O)Nc3ccccc3I)s2)C2=C(C(=O)CCC2)C1c1ccco1. The van der Waals surface area contributed by atoms with Crippen molar-refractivity contribution in [2.24, 2.45) is 5.73 Å². The van der Waals surface area contributed by atoms with Crippen LogP contribution in [0.2, 0.25) is 0 Å². The van der Waals surface area contributed by atoms with Gasteiger partial charge in [-0.3, -0.25) is 14.5 Å². The van der Waals surface area contributed by atoms with E-state index in [0.29, 0.717) is 45.8 Å². The van der Waals surface area contributed by atoms with Crippen molar-refractivity contribution < 1.29 is 14.0 Å². The van der Waals surface area contributed by atoms with Crippen molar-refractivity contribution in [3.63, 3.8) is 0 Å². The molecule has 0 radical (unpaired) electrons. The Bertz CT molecular complexity index is 1440. The van der Waals surface area contributed by atoms with E-state index in [9.17, 15) is 14.9 Å². The van der Waals surface area contributed by atoms with Crippen molar-refractivity contribution in [1.82, 2.24) is 10.2 Å². The lowest BCUT2D eigenvalue weighted by Gasteiger charge is -2.37. The van der Waals surface area contributed by atoms with Crippen LogP contribution in [0.5, 0.6) is 0 Å². The Hall–Kier alpha value is -3.15. The smallest absolute Gasteiger partial charge is 0.234 e. The van der Waals surface area contributed by atoms with Crippen LogP contribution in [0.1, 0.15) is 30.9 Å². The summed E-state index contributed by atoms with van der Waals surface area (Å²) >= 11 is 4.68. The first-order chi connectivity index (χ1) is 17.5. The average molecular weight is 630 g/mol. The van der Waals surface area contributed by atoms with E-state index < -0.39 is 5.92 Å². The quantitative estimate of drug-likeness (QED) is 0.291. The summed E-state index contributed by atoms with van der Waals surface area (Å²) in [7, 11) is 0. The molecule has 1 amide bonds. The predicted octanol–water partition coefficient (Wildman–Crippen LogP) is 4.77. The second kappa shape index (κ2) is 10.5. The number of hydrogen-bond donors (Lipinski definition) is 2. The number of para-hydroxylation sites is 1. The molecule has 2 aromatic heterocycles. The number of thioether (sulfide) groups is 1. The Morgan fingerprint density at radius 2 is 2.14 bits per heavy atom. The molecule has 12 heteroatoms. The number of nitriles is 1. The molecule has 1 aromatic carbocycles. The minimum absolute atomic E-state index is 0.0331. The standard InChI is InChI=1S/C24H19IN6O3S2/c25-14-5-1-2-6-15(14)28-19(33)12-35-24-30-29-23(36-24)31-16-7-3-8-17(32)21(16)20(13(11-26)22(31)27)18-9-4-10-34-18/h1-2,4-6,9-10,20H,3,7-8,12,27H2,(H,28,33). The first kappa shape index (κ1) is 24.5. The monoisotopic (exact) mass is 630 g/mol. The molecule has 0 bridgehead atoms. The molecule has 0 saturated carbocycles. The number of allylic oxidation sites excluding steroid dienone is 3. The van der Waals surface area contributed by atoms with E-state index in [1.807, 2.05) is 24.3 Å². The molecule has 3 N–H and O–H groups in total. The molecule has 9 nitrogen and oxygen atoms in total. The Kier molecular flexibility index (Phi) is 7.13. The van der Waals surface area contributed by atoms with Gasteiger partial charge in [0.05, 0.1) is 35.3 Å². The molecule has 2 aliphatic rings. The molecule has 0 spiro atoms. The van der Waals surface area contributed by atoms with Crippen LogP contribution in [0.3, 0.4) is 0 Å². The number of nitrogens with one attached hydrogen (secondary N) is 1. The van der Waals surface area contributed by atoms with Gasteiger partial charge in [0.1, 0.15) is 11.6 Å². The third-order valence-electron chi connectivity index (χ3n) is 5.80. The number of aromatic nitrogens is 2. The molecule has 0 fully saturated rings. The number of hydrogen-bond acceptors (Lipinski definition) is 10. The fraction of sp³-hybridized carbons (Fsp3) is 0.208. The number of Topliss-reactive ketones (excluding diaryl/α,β-unsaturated/α-hetero) is 1. The molecule has 1 aliphatic heterocycles. The molecule has 1 unspecified atom stereocenters. The first-order valence-electron chi connectivity index (χ1n) is 11.0. The highest BCUT2D eigenvalue weighted by atomic mass is 127. The molecular formula is C24H19IN6O3S2. The second-order valence-corrected chi connectivity index (χ2v) is 11.3. The van der Waals surface area contributed by atoms with Crippen LogP contribution in [0.4, 0.5) is 10.8 Å². The maximum absolute atomic E-state index is 13.1. The summed E-state index contributed by atoms with van der Waals surface area (Å²) < 4.78 is 7.11. The van der Waals surface area contributed by atoms with Gasteiger partial charge in [0.2, 0.25) is 11.0 Å². The van der Waals surface area contributed by atoms with E-state index in [1.54, 1.807) is 17.0 Å². The number of carbonyl (C=O) groups is 2. The highest BCUT2D eigenvalue weighted by Crippen LogP contribution is 2.47. The van der Waals surface area contributed by atoms with Gasteiger partial charge in [0.15, 0.2) is 10.1 Å². The van der Waals surface area contributed by atoms with Crippen LogP contribution in [0, 0.1) is 14.9 Å². The van der Waals surface area contributed by atoms with Gasteiger partial charge < -0.3 is 15.5 Å². The Balaban J connectivity index is 1.40. The summed E-state index contributed by atoms with van der Waals surface area (Å²) in [5.74, 6) is 0.0288. The molecule has 36 heavy (non-hydrogen) atoms. The summed E-state index contributed by atoms with van der Waals surface area (Å²) in [4.78, 5) is 27.2. The van der Waals surface area contributed by atoms with E-state index in [1.165, 1.54) is 29.4 Å². The summed E-state index contributed by atoms with van der Waals surface area (Å²) in [5, 5.41) is 21.8. The summed E-state index contributed by atoms with van der Waals surface area (Å²) in [6.45, 7) is 0. The fourth-order valence-electron chi connectivity index (χ4n) is 4.27. The molecule has 0 saturated heterocycles. The lowest BCUT2D eigenvalue weighted by molar-refractivity contribution is -0.116. The van der Waals surface area contributed by atoms with Crippen LogP contribution in [0.25, 0.3) is 0 Å². The van der Waals surface area contributed by atoms with Crippen LogP contribution < -0.4 is 16.0 Å². The molecule has 1 atom stereocenters. The van der Waals surface area contributed by atoms with Gasteiger partial charge in [0, 0.05) is 21.3 Å². The van der Waals surface area contributed by atoms with Crippen LogP contribution in [-0.4, -0.2) is 27.6 Å². The van der Waals surface area contributed by atoms with Crippen LogP contribution in [-0.2, 0) is 9.59 Å². The number of amides is 1. The number of nitrogens with zero attached hydrogens (tertiary/aromatic N) is 4. The number of carbonyl (C=O) groups excluding carboxylic acids is 2. The molecule has 3 aromatic rings. The topological polar surface area (TPSA) is 138 Å². The normalized spacial score (nSPS) is 17.7. The average Bonchev–Trinajstić information content (AvgIpc) is 3.56. The van der Waals surface area contributed by atoms with Gasteiger partial charge in [-0.2, -0.15) is 5.26 Å². The van der Waals surface area contributed by atoms with Crippen molar-refractivity contribution in [3.8, 4) is 6.07 Å². The van der Waals surface area contributed by atoms with E-state index in [-0.39, 0.29) is 28.8 Å². The molecule has 5 rings (SSSR count). The third-order valence-corrected chi connectivity index (χ3v) is 8.79. The van der Waals surface area contributed by atoms with E-state index >= 15 is 0 Å². The lowest BCUT2D eigenvalue weighted by Crippen LogP contribution is -2.38. The fourth-order valence-corrected chi connectivity index (χ4v) is 6.48. The van der Waals surface area contributed by atoms with Crippen LogP contribution >= 0.6 is 45.7 Å². The zero-order chi connectivity index (χ0) is 25.2. The highest BCUT2D eigenvalue weighted by Gasteiger charge is 2.42. The maximum atomic E-state index is 13.1. The number of rotatable bonds is 6. The number of anilines is 2. The molecular weight excluding hydrogens is 611 g/mol. The molecule has 3 heterocycles. The first-order valence-corrected chi connectivity index (χ1v) is 13.9. The van der Waals surface area contributed by atoms with Gasteiger partial charge in [-0.1, -0.05) is 35.2 Å². The summed E-state index contributed by atoms with van der Waals surface area (Å²) in [6.07, 6.45) is 3.20. The largest absolute Gasteiger partial charge is 0.468 e. The van der Waals surface area contributed by atoms with E-state index in [4.69, 9.17) is 10.2 Å². The number of nitrogens with two attached hydrogens (primary N) is 1. The van der Waals surface area contributed by atoms with E-state index in [2.05, 4.69) is 44.2 Å². The molecule has 182 valence electrons. The van der Waals surface area contributed by atoms with Crippen molar-refractivity contribution in [3.05, 3.63) is 74.7 Å². The van der Waals surface area contributed by atoms with Gasteiger partial charge in [0.25, 0.3) is 0 Å². The predicted molar refractivity (Wildman–Crippen MR) is 145 cm³/mol. The Morgan fingerprint density at radius 1 is 1.31 bits per heavy atom.